The molecule has 0 aliphatic carbocycles. The fourth-order valence-corrected chi connectivity index (χ4v) is 3.00. The van der Waals surface area contributed by atoms with Gasteiger partial charge in [0.15, 0.2) is 17.1 Å². The first-order valence-electron chi connectivity index (χ1n) is 8.98. The summed E-state index contributed by atoms with van der Waals surface area (Å²) in [6.07, 6.45) is 3.58. The van der Waals surface area contributed by atoms with Gasteiger partial charge in [-0.2, -0.15) is 0 Å². The number of hydrogen-bond acceptors (Lipinski definition) is 6. The molecule has 0 unspecified atom stereocenters. The second-order valence-electron chi connectivity index (χ2n) is 6.35. The summed E-state index contributed by atoms with van der Waals surface area (Å²) in [6, 6.07) is 14.4. The quantitative estimate of drug-likeness (QED) is 0.535. The monoisotopic (exact) mass is 389 g/mol. The summed E-state index contributed by atoms with van der Waals surface area (Å²) in [5, 5.41) is 2.89. The lowest BCUT2D eigenvalue weighted by Crippen LogP contribution is -2.14. The fraction of sp³-hybridized carbons (Fsp3) is 0.136. The maximum atomic E-state index is 12.5. The van der Waals surface area contributed by atoms with E-state index in [4.69, 9.17) is 13.9 Å². The van der Waals surface area contributed by atoms with Crippen LogP contribution in [0.15, 0.2) is 65.3 Å². The van der Waals surface area contributed by atoms with Crippen molar-refractivity contribution in [2.75, 3.05) is 19.5 Å². The molecule has 7 heteroatoms. The maximum absolute atomic E-state index is 12.5. The van der Waals surface area contributed by atoms with Gasteiger partial charge in [0.1, 0.15) is 5.52 Å². The Morgan fingerprint density at radius 1 is 1.00 bits per heavy atom. The number of aromatic nitrogens is 2. The molecule has 2 aromatic carbocycles. The summed E-state index contributed by atoms with van der Waals surface area (Å²) in [5.74, 6) is 1.58. The van der Waals surface area contributed by atoms with E-state index in [-0.39, 0.29) is 12.3 Å². The van der Waals surface area contributed by atoms with Crippen molar-refractivity contribution >= 4 is 22.7 Å². The highest BCUT2D eigenvalue weighted by atomic mass is 16.5. The normalized spacial score (nSPS) is 10.7. The minimum atomic E-state index is -0.144. The van der Waals surface area contributed by atoms with Crippen LogP contribution in [-0.2, 0) is 11.2 Å². The van der Waals surface area contributed by atoms with E-state index < -0.39 is 0 Å². The number of carbonyl (C=O) groups excluding carboxylic acids is 1. The number of oxazole rings is 1. The SMILES string of the molecule is COc1ccc(CC(=O)Nc2ccc3oc(-c4ccncc4)nc3c2)cc1OC. The molecular weight excluding hydrogens is 370 g/mol. The summed E-state index contributed by atoms with van der Waals surface area (Å²) >= 11 is 0. The first-order chi connectivity index (χ1) is 14.2. The van der Waals surface area contributed by atoms with Crippen molar-refractivity contribution in [3.05, 3.63) is 66.5 Å². The number of hydrogen-bond donors (Lipinski definition) is 1. The van der Waals surface area contributed by atoms with Crippen LogP contribution in [0.3, 0.4) is 0 Å². The van der Waals surface area contributed by atoms with Gasteiger partial charge in [0.2, 0.25) is 11.8 Å². The molecule has 0 aliphatic heterocycles. The van der Waals surface area contributed by atoms with E-state index in [0.717, 1.165) is 11.1 Å². The Hall–Kier alpha value is -3.87. The van der Waals surface area contributed by atoms with E-state index in [2.05, 4.69) is 15.3 Å². The van der Waals surface area contributed by atoms with Crippen LogP contribution in [0.4, 0.5) is 5.69 Å². The molecule has 1 N–H and O–H groups in total. The molecule has 2 aromatic heterocycles. The molecule has 29 heavy (non-hydrogen) atoms. The van der Waals surface area contributed by atoms with Gasteiger partial charge < -0.3 is 19.2 Å². The Morgan fingerprint density at radius 2 is 1.79 bits per heavy atom. The van der Waals surface area contributed by atoms with Gasteiger partial charge in [0.05, 0.1) is 20.6 Å². The highest BCUT2D eigenvalue weighted by Crippen LogP contribution is 2.28. The van der Waals surface area contributed by atoms with Crippen LogP contribution in [0, 0.1) is 0 Å². The predicted molar refractivity (Wildman–Crippen MR) is 109 cm³/mol. The second kappa shape index (κ2) is 8.02. The molecule has 0 bridgehead atoms. The van der Waals surface area contributed by atoms with Crippen molar-refractivity contribution in [1.29, 1.82) is 0 Å². The number of pyridine rings is 1. The van der Waals surface area contributed by atoms with E-state index >= 15 is 0 Å². The fourth-order valence-electron chi connectivity index (χ4n) is 3.00. The van der Waals surface area contributed by atoms with Crippen LogP contribution in [0.2, 0.25) is 0 Å². The van der Waals surface area contributed by atoms with Crippen LogP contribution in [0.5, 0.6) is 11.5 Å². The minimum Gasteiger partial charge on any atom is -0.493 e. The summed E-state index contributed by atoms with van der Waals surface area (Å²) in [7, 11) is 3.14. The molecule has 0 atom stereocenters. The van der Waals surface area contributed by atoms with E-state index in [1.165, 1.54) is 0 Å². The highest BCUT2D eigenvalue weighted by molar-refractivity contribution is 5.94. The average molecular weight is 389 g/mol. The number of anilines is 1. The van der Waals surface area contributed by atoms with Gasteiger partial charge in [-0.3, -0.25) is 9.78 Å². The van der Waals surface area contributed by atoms with Crippen molar-refractivity contribution in [3.8, 4) is 23.0 Å². The van der Waals surface area contributed by atoms with E-state index in [1.807, 2.05) is 18.2 Å². The topological polar surface area (TPSA) is 86.5 Å². The van der Waals surface area contributed by atoms with E-state index in [1.54, 1.807) is 56.9 Å². The van der Waals surface area contributed by atoms with Crippen molar-refractivity contribution in [3.63, 3.8) is 0 Å². The van der Waals surface area contributed by atoms with Crippen LogP contribution in [-0.4, -0.2) is 30.1 Å². The summed E-state index contributed by atoms with van der Waals surface area (Å²) in [4.78, 5) is 21.0. The lowest BCUT2D eigenvalue weighted by atomic mass is 10.1. The van der Waals surface area contributed by atoms with Gasteiger partial charge in [-0.15, -0.1) is 0 Å². The van der Waals surface area contributed by atoms with Gasteiger partial charge in [-0.1, -0.05) is 6.07 Å². The van der Waals surface area contributed by atoms with E-state index in [0.29, 0.717) is 34.2 Å². The first kappa shape index (κ1) is 18.5. The number of nitrogens with one attached hydrogen (secondary N) is 1. The number of rotatable bonds is 6. The summed E-state index contributed by atoms with van der Waals surface area (Å²) in [6.45, 7) is 0. The summed E-state index contributed by atoms with van der Waals surface area (Å²) < 4.78 is 16.3. The van der Waals surface area contributed by atoms with Crippen LogP contribution in [0.25, 0.3) is 22.6 Å². The standard InChI is InChI=1S/C22H19N3O4/c1-27-19-5-3-14(11-20(19)28-2)12-21(26)24-16-4-6-18-17(13-16)25-22(29-18)15-7-9-23-10-8-15/h3-11,13H,12H2,1-2H3,(H,24,26). The number of amides is 1. The molecule has 7 nitrogen and oxygen atoms in total. The molecule has 2 heterocycles. The Bertz CT molecular complexity index is 1160. The Morgan fingerprint density at radius 3 is 2.55 bits per heavy atom. The zero-order chi connectivity index (χ0) is 20.2. The molecule has 0 radical (unpaired) electrons. The molecule has 1 amide bonds. The molecular formula is C22H19N3O4. The average Bonchev–Trinajstić information content (AvgIpc) is 3.17. The zero-order valence-electron chi connectivity index (χ0n) is 16.0. The Labute approximate surface area is 167 Å². The molecule has 4 aromatic rings. The van der Waals surface area contributed by atoms with Gasteiger partial charge in [0.25, 0.3) is 0 Å². The van der Waals surface area contributed by atoms with Crippen LogP contribution < -0.4 is 14.8 Å². The minimum absolute atomic E-state index is 0.144. The number of benzene rings is 2. The Kier molecular flexibility index (Phi) is 5.11. The second-order valence-corrected chi connectivity index (χ2v) is 6.35. The van der Waals surface area contributed by atoms with Crippen molar-refractivity contribution in [2.45, 2.75) is 6.42 Å². The first-order valence-corrected chi connectivity index (χ1v) is 8.98. The van der Waals surface area contributed by atoms with Crippen molar-refractivity contribution in [2.24, 2.45) is 0 Å². The molecule has 0 aliphatic rings. The number of nitrogens with zero attached hydrogens (tertiary/aromatic N) is 2. The predicted octanol–water partition coefficient (Wildman–Crippen LogP) is 4.09. The van der Waals surface area contributed by atoms with Crippen LogP contribution in [0.1, 0.15) is 5.56 Å². The zero-order valence-corrected chi connectivity index (χ0v) is 16.0. The number of ether oxygens (including phenoxy) is 2. The van der Waals surface area contributed by atoms with Crippen LogP contribution >= 0.6 is 0 Å². The molecule has 4 rings (SSSR count). The van der Waals surface area contributed by atoms with Crippen molar-refractivity contribution in [1.82, 2.24) is 9.97 Å². The third kappa shape index (κ3) is 4.03. The number of carbonyl (C=O) groups is 1. The third-order valence-corrected chi connectivity index (χ3v) is 4.41. The highest BCUT2D eigenvalue weighted by Gasteiger charge is 2.11. The van der Waals surface area contributed by atoms with Gasteiger partial charge >= 0.3 is 0 Å². The molecule has 0 fully saturated rings. The molecule has 0 spiro atoms. The van der Waals surface area contributed by atoms with Gasteiger partial charge in [-0.25, -0.2) is 4.98 Å². The smallest absolute Gasteiger partial charge is 0.228 e. The molecule has 0 saturated heterocycles. The van der Waals surface area contributed by atoms with Crippen molar-refractivity contribution < 1.29 is 18.7 Å². The lowest BCUT2D eigenvalue weighted by Gasteiger charge is -2.10. The maximum Gasteiger partial charge on any atom is 0.228 e. The molecule has 146 valence electrons. The van der Waals surface area contributed by atoms with Gasteiger partial charge in [-0.05, 0) is 48.0 Å². The largest absolute Gasteiger partial charge is 0.493 e. The van der Waals surface area contributed by atoms with Gasteiger partial charge in [0, 0.05) is 23.6 Å². The lowest BCUT2D eigenvalue weighted by molar-refractivity contribution is -0.115. The van der Waals surface area contributed by atoms with E-state index in [9.17, 15) is 4.79 Å². The summed E-state index contributed by atoms with van der Waals surface area (Å²) in [5.41, 5.74) is 3.63. The molecule has 0 saturated carbocycles. The number of fused-ring (bicyclic) bond motifs is 1. The Balaban J connectivity index is 1.49. The third-order valence-electron chi connectivity index (χ3n) is 4.41. The number of methoxy groups -OCH3 is 2.